The number of fused-ring (bicyclic) bond motifs is 1. The first kappa shape index (κ1) is 12.7. The summed E-state index contributed by atoms with van der Waals surface area (Å²) in [5.41, 5.74) is 0.924. The number of aliphatic hydroxyl groups is 1. The second-order valence-corrected chi connectivity index (χ2v) is 3.94. The van der Waals surface area contributed by atoms with E-state index in [1.165, 1.54) is 0 Å². The molecule has 2 rings (SSSR count). The third-order valence-corrected chi connectivity index (χ3v) is 2.65. The maximum absolute atomic E-state index is 8.59. The predicted molar refractivity (Wildman–Crippen MR) is 70.7 cm³/mol. The maximum Gasteiger partial charge on any atom is 0.156 e. The minimum Gasteiger partial charge on any atom is -0.394 e. The van der Waals surface area contributed by atoms with Gasteiger partial charge < -0.3 is 15.2 Å². The number of nitrogens with zero attached hydrogens (tertiary/aromatic N) is 2. The molecule has 2 N–H and O–H groups in total. The minimum absolute atomic E-state index is 0.0489. The number of hydrogen-bond donors (Lipinski definition) is 2. The van der Waals surface area contributed by atoms with Crippen molar-refractivity contribution in [3.63, 3.8) is 0 Å². The fraction of sp³-hybridized carbons (Fsp3) is 0.385. The van der Waals surface area contributed by atoms with Crippen LogP contribution in [0.4, 0.5) is 5.82 Å². The number of hydrogen-bond acceptors (Lipinski definition) is 5. The summed E-state index contributed by atoms with van der Waals surface area (Å²) in [6.07, 6.45) is 0. The van der Waals surface area contributed by atoms with Crippen molar-refractivity contribution in [3.05, 3.63) is 30.0 Å². The summed E-state index contributed by atoms with van der Waals surface area (Å²) in [6, 6.07) is 8.03. The fourth-order valence-corrected chi connectivity index (χ4v) is 1.78. The average Bonchev–Trinajstić information content (AvgIpc) is 2.41. The molecule has 18 heavy (non-hydrogen) atoms. The van der Waals surface area contributed by atoms with Crippen molar-refractivity contribution in [2.75, 3.05) is 31.7 Å². The molecule has 5 heteroatoms. The van der Waals surface area contributed by atoms with Gasteiger partial charge >= 0.3 is 0 Å². The summed E-state index contributed by atoms with van der Waals surface area (Å²) in [5.74, 6) is 0.767. The normalized spacial score (nSPS) is 10.8. The third kappa shape index (κ3) is 2.94. The highest BCUT2D eigenvalue weighted by atomic mass is 16.5. The number of aliphatic hydroxyl groups excluding tert-OH is 1. The van der Waals surface area contributed by atoms with Crippen molar-refractivity contribution in [2.24, 2.45) is 0 Å². The minimum atomic E-state index is 0.0489. The van der Waals surface area contributed by atoms with Gasteiger partial charge in [-0.25, -0.2) is 0 Å². The number of aromatic nitrogens is 2. The van der Waals surface area contributed by atoms with E-state index in [2.05, 4.69) is 15.5 Å². The lowest BCUT2D eigenvalue weighted by molar-refractivity contribution is 0.0992. The van der Waals surface area contributed by atoms with Crippen LogP contribution in [0.1, 0.15) is 5.69 Å². The van der Waals surface area contributed by atoms with Gasteiger partial charge in [0.1, 0.15) is 0 Å². The Morgan fingerprint density at radius 3 is 2.72 bits per heavy atom. The molecule has 0 aliphatic carbocycles. The van der Waals surface area contributed by atoms with E-state index in [0.717, 1.165) is 22.3 Å². The number of benzene rings is 1. The summed E-state index contributed by atoms with van der Waals surface area (Å²) in [6.45, 7) is 3.53. The van der Waals surface area contributed by atoms with Gasteiger partial charge in [0.05, 0.1) is 25.5 Å². The first-order valence-electron chi connectivity index (χ1n) is 5.97. The van der Waals surface area contributed by atoms with E-state index in [0.29, 0.717) is 19.8 Å². The Bertz CT molecular complexity index is 517. The Hall–Kier alpha value is -1.72. The van der Waals surface area contributed by atoms with Crippen LogP contribution >= 0.6 is 0 Å². The van der Waals surface area contributed by atoms with Gasteiger partial charge in [0.2, 0.25) is 0 Å². The predicted octanol–water partition coefficient (Wildman–Crippen LogP) is 1.36. The molecule has 0 aliphatic heterocycles. The molecule has 0 fully saturated rings. The van der Waals surface area contributed by atoms with Gasteiger partial charge in [-0.15, -0.1) is 5.10 Å². The maximum atomic E-state index is 8.59. The number of anilines is 1. The van der Waals surface area contributed by atoms with Crippen LogP contribution in [0.15, 0.2) is 24.3 Å². The molecule has 0 saturated carbocycles. The van der Waals surface area contributed by atoms with Gasteiger partial charge in [0.15, 0.2) is 5.82 Å². The number of ether oxygens (including phenoxy) is 1. The fourth-order valence-electron chi connectivity index (χ4n) is 1.78. The Balaban J connectivity index is 2.07. The number of nitrogens with one attached hydrogen (secondary N) is 1. The first-order valence-corrected chi connectivity index (χ1v) is 5.97. The van der Waals surface area contributed by atoms with Gasteiger partial charge in [-0.05, 0) is 6.92 Å². The molecule has 2 aromatic rings. The smallest absolute Gasteiger partial charge is 0.156 e. The van der Waals surface area contributed by atoms with Gasteiger partial charge in [0.25, 0.3) is 0 Å². The van der Waals surface area contributed by atoms with Crippen LogP contribution in [-0.2, 0) is 4.74 Å². The van der Waals surface area contributed by atoms with E-state index in [1.54, 1.807) is 0 Å². The molecular weight excluding hydrogens is 230 g/mol. The molecule has 0 radical (unpaired) electrons. The molecule has 1 aromatic heterocycles. The molecule has 1 heterocycles. The van der Waals surface area contributed by atoms with Gasteiger partial charge in [0, 0.05) is 17.3 Å². The van der Waals surface area contributed by atoms with E-state index < -0.39 is 0 Å². The molecule has 5 nitrogen and oxygen atoms in total. The number of aryl methyl sites for hydroxylation is 1. The number of rotatable bonds is 6. The molecule has 0 bridgehead atoms. The largest absolute Gasteiger partial charge is 0.394 e. The van der Waals surface area contributed by atoms with Crippen LogP contribution in [0.5, 0.6) is 0 Å². The van der Waals surface area contributed by atoms with Crippen LogP contribution in [-0.4, -0.2) is 41.7 Å². The third-order valence-electron chi connectivity index (χ3n) is 2.65. The SMILES string of the molecule is Cc1nnc(NCCOCCO)c2ccccc12. The zero-order chi connectivity index (χ0) is 12.8. The van der Waals surface area contributed by atoms with Crippen molar-refractivity contribution in [1.82, 2.24) is 10.2 Å². The molecule has 1 aromatic carbocycles. The van der Waals surface area contributed by atoms with Crippen LogP contribution in [0.2, 0.25) is 0 Å². The molecule has 96 valence electrons. The molecular formula is C13H17N3O2. The summed E-state index contributed by atoms with van der Waals surface area (Å²) in [4.78, 5) is 0. The van der Waals surface area contributed by atoms with Crippen molar-refractivity contribution < 1.29 is 9.84 Å². The second kappa shape index (κ2) is 6.28. The van der Waals surface area contributed by atoms with Crippen molar-refractivity contribution in [3.8, 4) is 0 Å². The highest BCUT2D eigenvalue weighted by Gasteiger charge is 2.04. The van der Waals surface area contributed by atoms with E-state index in [9.17, 15) is 0 Å². The zero-order valence-corrected chi connectivity index (χ0v) is 10.4. The van der Waals surface area contributed by atoms with Gasteiger partial charge in [-0.2, -0.15) is 5.10 Å². The molecule has 0 saturated heterocycles. The Kier molecular flexibility index (Phi) is 4.44. The first-order chi connectivity index (χ1) is 8.83. The van der Waals surface area contributed by atoms with E-state index in [1.807, 2.05) is 31.2 Å². The van der Waals surface area contributed by atoms with Crippen LogP contribution in [0, 0.1) is 6.92 Å². The van der Waals surface area contributed by atoms with Crippen LogP contribution in [0.25, 0.3) is 10.8 Å². The van der Waals surface area contributed by atoms with Crippen LogP contribution < -0.4 is 5.32 Å². The standard InChI is InChI=1S/C13H17N3O2/c1-10-11-4-2-3-5-12(11)13(16-15-10)14-6-8-18-9-7-17/h2-5,17H,6-9H2,1H3,(H,14,16). The average molecular weight is 247 g/mol. The monoisotopic (exact) mass is 247 g/mol. The molecule has 0 aliphatic rings. The quantitative estimate of drug-likeness (QED) is 0.754. The van der Waals surface area contributed by atoms with Gasteiger partial charge in [-0.3, -0.25) is 0 Å². The van der Waals surface area contributed by atoms with E-state index in [4.69, 9.17) is 9.84 Å². The zero-order valence-electron chi connectivity index (χ0n) is 10.4. The topological polar surface area (TPSA) is 67.3 Å². The molecule has 0 amide bonds. The van der Waals surface area contributed by atoms with Crippen molar-refractivity contribution in [2.45, 2.75) is 6.92 Å². The molecule has 0 spiro atoms. The Morgan fingerprint density at radius 2 is 1.94 bits per heavy atom. The summed E-state index contributed by atoms with van der Waals surface area (Å²) in [5, 5.41) is 22.2. The lowest BCUT2D eigenvalue weighted by Crippen LogP contribution is -2.13. The summed E-state index contributed by atoms with van der Waals surface area (Å²) >= 11 is 0. The molecule has 0 unspecified atom stereocenters. The van der Waals surface area contributed by atoms with E-state index in [-0.39, 0.29) is 6.61 Å². The van der Waals surface area contributed by atoms with Crippen molar-refractivity contribution in [1.29, 1.82) is 0 Å². The molecule has 0 atom stereocenters. The summed E-state index contributed by atoms with van der Waals surface area (Å²) in [7, 11) is 0. The van der Waals surface area contributed by atoms with Gasteiger partial charge in [-0.1, -0.05) is 24.3 Å². The second-order valence-electron chi connectivity index (χ2n) is 3.94. The lowest BCUT2D eigenvalue weighted by Gasteiger charge is -2.09. The Labute approximate surface area is 106 Å². The van der Waals surface area contributed by atoms with Crippen LogP contribution in [0.3, 0.4) is 0 Å². The van der Waals surface area contributed by atoms with Crippen molar-refractivity contribution >= 4 is 16.6 Å². The summed E-state index contributed by atoms with van der Waals surface area (Å²) < 4.78 is 5.18. The Morgan fingerprint density at radius 1 is 1.17 bits per heavy atom. The highest BCUT2D eigenvalue weighted by molar-refractivity contribution is 5.92. The lowest BCUT2D eigenvalue weighted by atomic mass is 10.1. The highest BCUT2D eigenvalue weighted by Crippen LogP contribution is 2.21. The van der Waals surface area contributed by atoms with E-state index >= 15 is 0 Å².